The predicted octanol–water partition coefficient (Wildman–Crippen LogP) is 10.4. The summed E-state index contributed by atoms with van der Waals surface area (Å²) in [4.78, 5) is 22.6. The van der Waals surface area contributed by atoms with E-state index in [4.69, 9.17) is 14.8 Å². The van der Waals surface area contributed by atoms with Gasteiger partial charge in [0.25, 0.3) is 0 Å². The molecule has 290 valence electrons. The minimum atomic E-state index is -4.37. The highest BCUT2D eigenvalue weighted by atomic mass is 31.2. The number of allylic oxidation sites excluding steroid dienone is 15. The summed E-state index contributed by atoms with van der Waals surface area (Å²) in [6, 6.07) is -0.918. The first-order chi connectivity index (χ1) is 24.9. The number of phosphoric acid groups is 1. The fourth-order valence-corrected chi connectivity index (χ4v) is 5.48. The van der Waals surface area contributed by atoms with Gasteiger partial charge >= 0.3 is 7.82 Å². The molecule has 0 aromatic carbocycles. The lowest BCUT2D eigenvalue weighted by Crippen LogP contribution is -2.45. The number of nitrogens with two attached hydrogens (primary N) is 1. The van der Waals surface area contributed by atoms with Gasteiger partial charge in [-0.25, -0.2) is 4.57 Å². The summed E-state index contributed by atoms with van der Waals surface area (Å²) >= 11 is 0. The van der Waals surface area contributed by atoms with Crippen LogP contribution < -0.4 is 11.1 Å². The van der Waals surface area contributed by atoms with Crippen LogP contribution in [0.5, 0.6) is 0 Å². The molecule has 0 saturated heterocycles. The molecule has 1 amide bonds. The van der Waals surface area contributed by atoms with Gasteiger partial charge in [0, 0.05) is 13.0 Å². The number of nitrogens with one attached hydrogen (secondary N) is 1. The van der Waals surface area contributed by atoms with Crippen molar-refractivity contribution < 1.29 is 28.4 Å². The van der Waals surface area contributed by atoms with Crippen LogP contribution in [0.15, 0.2) is 97.2 Å². The minimum Gasteiger partial charge on any atom is -0.387 e. The maximum atomic E-state index is 12.7. The first kappa shape index (κ1) is 48.4. The van der Waals surface area contributed by atoms with E-state index in [1.165, 1.54) is 32.1 Å². The van der Waals surface area contributed by atoms with Crippen LogP contribution in [0, 0.1) is 0 Å². The van der Waals surface area contributed by atoms with Crippen LogP contribution in [-0.2, 0) is 18.4 Å². The van der Waals surface area contributed by atoms with Crippen molar-refractivity contribution in [2.75, 3.05) is 19.8 Å². The van der Waals surface area contributed by atoms with Gasteiger partial charge in [-0.2, -0.15) is 0 Å². The van der Waals surface area contributed by atoms with Crippen LogP contribution >= 0.6 is 7.82 Å². The number of rotatable bonds is 34. The number of aliphatic hydroxyl groups is 1. The number of hydrogen-bond donors (Lipinski definition) is 4. The number of carbonyl (C=O) groups is 1. The third kappa shape index (κ3) is 35.6. The molecule has 0 radical (unpaired) electrons. The summed E-state index contributed by atoms with van der Waals surface area (Å²) in [5, 5.41) is 13.5. The van der Waals surface area contributed by atoms with Crippen molar-refractivity contribution in [2.24, 2.45) is 5.73 Å². The molecule has 0 aliphatic heterocycles. The highest BCUT2D eigenvalue weighted by molar-refractivity contribution is 7.47. The summed E-state index contributed by atoms with van der Waals surface area (Å²) < 4.78 is 22.0. The first-order valence-electron chi connectivity index (χ1n) is 19.4. The average molecular weight is 731 g/mol. The van der Waals surface area contributed by atoms with Gasteiger partial charge in [-0.05, 0) is 83.5 Å². The van der Waals surface area contributed by atoms with Gasteiger partial charge in [0.2, 0.25) is 5.91 Å². The van der Waals surface area contributed by atoms with Gasteiger partial charge in [0.15, 0.2) is 0 Å². The Morgan fingerprint density at radius 1 is 0.667 bits per heavy atom. The SMILES string of the molecule is CC/C=C\C/C=C\C/C=C\C/C=C\C/C=C\CCCC(=O)NC(COP(=O)(O)OCCN)C(O)/C=C/CC/C=C/CC/C=C/CCCCCCC. The summed E-state index contributed by atoms with van der Waals surface area (Å²) in [7, 11) is -4.37. The topological polar surface area (TPSA) is 131 Å². The Kier molecular flexibility index (Phi) is 35.3. The first-order valence-corrected chi connectivity index (χ1v) is 20.9. The second-order valence-electron chi connectivity index (χ2n) is 12.4. The Morgan fingerprint density at radius 3 is 1.73 bits per heavy atom. The number of carbonyl (C=O) groups excluding carboxylic acids is 1. The molecule has 5 N–H and O–H groups in total. The molecule has 0 saturated carbocycles. The molecule has 0 aliphatic carbocycles. The van der Waals surface area contributed by atoms with Gasteiger partial charge < -0.3 is 21.1 Å². The van der Waals surface area contributed by atoms with E-state index in [1.807, 2.05) is 6.08 Å². The minimum absolute atomic E-state index is 0.0572. The third-order valence-corrected chi connectivity index (χ3v) is 8.61. The Labute approximate surface area is 311 Å². The van der Waals surface area contributed by atoms with E-state index in [1.54, 1.807) is 6.08 Å². The van der Waals surface area contributed by atoms with Crippen molar-refractivity contribution in [3.8, 4) is 0 Å². The Morgan fingerprint density at radius 2 is 1.16 bits per heavy atom. The summed E-state index contributed by atoms with van der Waals surface area (Å²) in [6.07, 6.45) is 50.3. The maximum absolute atomic E-state index is 12.7. The number of amides is 1. The second kappa shape index (κ2) is 37.2. The van der Waals surface area contributed by atoms with Crippen LogP contribution in [0.2, 0.25) is 0 Å². The monoisotopic (exact) mass is 731 g/mol. The van der Waals surface area contributed by atoms with E-state index in [2.05, 4.69) is 104 Å². The van der Waals surface area contributed by atoms with Crippen molar-refractivity contribution in [2.45, 2.75) is 142 Å². The molecule has 0 spiro atoms. The Hall–Kier alpha value is -2.58. The number of aliphatic hydroxyl groups excluding tert-OH is 1. The molecule has 0 bridgehead atoms. The predicted molar refractivity (Wildman–Crippen MR) is 216 cm³/mol. The molecule has 51 heavy (non-hydrogen) atoms. The molecular formula is C42H71N2O6P. The average Bonchev–Trinajstić information content (AvgIpc) is 3.12. The molecule has 3 unspecified atom stereocenters. The van der Waals surface area contributed by atoms with Gasteiger partial charge in [0.1, 0.15) is 0 Å². The summed E-state index contributed by atoms with van der Waals surface area (Å²) in [5.74, 6) is -0.271. The van der Waals surface area contributed by atoms with E-state index < -0.39 is 26.6 Å². The quantitative estimate of drug-likeness (QED) is 0.0294. The zero-order valence-electron chi connectivity index (χ0n) is 31.8. The fourth-order valence-electron chi connectivity index (χ4n) is 4.73. The molecular weight excluding hydrogens is 659 g/mol. The largest absolute Gasteiger partial charge is 0.472 e. The highest BCUT2D eigenvalue weighted by Crippen LogP contribution is 2.43. The molecule has 0 rings (SSSR count). The van der Waals surface area contributed by atoms with Crippen LogP contribution in [0.1, 0.15) is 129 Å². The molecule has 0 aromatic rings. The van der Waals surface area contributed by atoms with E-state index in [0.29, 0.717) is 12.8 Å². The second-order valence-corrected chi connectivity index (χ2v) is 13.8. The smallest absolute Gasteiger partial charge is 0.387 e. The van der Waals surface area contributed by atoms with E-state index in [9.17, 15) is 19.4 Å². The number of phosphoric ester groups is 1. The van der Waals surface area contributed by atoms with Crippen LogP contribution in [0.3, 0.4) is 0 Å². The molecule has 0 aliphatic rings. The fraction of sp³-hybridized carbons (Fsp3) is 0.595. The number of hydrogen-bond acceptors (Lipinski definition) is 6. The van der Waals surface area contributed by atoms with Crippen LogP contribution in [0.25, 0.3) is 0 Å². The standard InChI is InChI=1S/C42H71N2O6P/c1-3-5-7-9-11-13-15-17-19-20-22-24-26-28-30-32-34-36-42(46)44-40(39-50-51(47,48)49-38-37-43)41(45)35-33-31-29-27-25-23-21-18-16-14-12-10-8-6-4-2/h5,7,11,13,16-19,22,24-25,27-28,30,33,35,40-41,45H,3-4,6,8-10,12,14-15,20-21,23,26,29,31-32,34,36-39,43H2,1-2H3,(H,44,46)(H,47,48)/b7-5-,13-11-,18-16+,19-17-,24-22-,27-25+,30-28-,35-33+. The van der Waals surface area contributed by atoms with E-state index in [-0.39, 0.29) is 25.5 Å². The van der Waals surface area contributed by atoms with Crippen molar-refractivity contribution in [1.82, 2.24) is 5.32 Å². The maximum Gasteiger partial charge on any atom is 0.472 e. The highest BCUT2D eigenvalue weighted by Gasteiger charge is 2.26. The van der Waals surface area contributed by atoms with Crippen molar-refractivity contribution >= 4 is 13.7 Å². The Bertz CT molecular complexity index is 1110. The van der Waals surface area contributed by atoms with Gasteiger partial charge in [-0.3, -0.25) is 13.8 Å². The summed E-state index contributed by atoms with van der Waals surface area (Å²) in [5.41, 5.74) is 5.35. The van der Waals surface area contributed by atoms with Gasteiger partial charge in [-0.1, -0.05) is 137 Å². The van der Waals surface area contributed by atoms with Crippen molar-refractivity contribution in [3.63, 3.8) is 0 Å². The zero-order chi connectivity index (χ0) is 37.5. The van der Waals surface area contributed by atoms with Crippen LogP contribution in [-0.4, -0.2) is 47.8 Å². The molecule has 0 aromatic heterocycles. The van der Waals surface area contributed by atoms with Crippen molar-refractivity contribution in [1.29, 1.82) is 0 Å². The Balaban J connectivity index is 4.52. The third-order valence-electron chi connectivity index (χ3n) is 7.62. The summed E-state index contributed by atoms with van der Waals surface area (Å²) in [6.45, 7) is 3.89. The van der Waals surface area contributed by atoms with Gasteiger partial charge in [-0.15, -0.1) is 0 Å². The molecule has 0 heterocycles. The normalized spacial score (nSPS) is 15.3. The molecule has 8 nitrogen and oxygen atoms in total. The van der Waals surface area contributed by atoms with E-state index >= 15 is 0 Å². The number of unbranched alkanes of at least 4 members (excludes halogenated alkanes) is 8. The van der Waals surface area contributed by atoms with Crippen LogP contribution in [0.4, 0.5) is 0 Å². The molecule has 3 atom stereocenters. The zero-order valence-corrected chi connectivity index (χ0v) is 32.7. The lowest BCUT2D eigenvalue weighted by atomic mass is 10.1. The van der Waals surface area contributed by atoms with Gasteiger partial charge in [0.05, 0.1) is 25.4 Å². The van der Waals surface area contributed by atoms with Crippen molar-refractivity contribution in [3.05, 3.63) is 97.2 Å². The lowest BCUT2D eigenvalue weighted by molar-refractivity contribution is -0.122. The molecule has 9 heteroatoms. The lowest BCUT2D eigenvalue weighted by Gasteiger charge is -2.23. The molecule has 0 fully saturated rings. The van der Waals surface area contributed by atoms with E-state index in [0.717, 1.165) is 64.2 Å².